The lowest BCUT2D eigenvalue weighted by molar-refractivity contribution is -0.113. The maximum absolute atomic E-state index is 13.2. The lowest BCUT2D eigenvalue weighted by Crippen LogP contribution is -2.27. The van der Waals surface area contributed by atoms with Crippen molar-refractivity contribution in [2.75, 3.05) is 26.2 Å². The van der Waals surface area contributed by atoms with E-state index in [-0.39, 0.29) is 11.5 Å². The van der Waals surface area contributed by atoms with Crippen LogP contribution in [0.1, 0.15) is 16.1 Å². The third-order valence-corrected chi connectivity index (χ3v) is 6.32. The van der Waals surface area contributed by atoms with Crippen molar-refractivity contribution in [2.45, 2.75) is 0 Å². The third-order valence-electron chi connectivity index (χ3n) is 5.02. The predicted octanol–water partition coefficient (Wildman–Crippen LogP) is 5.08. The minimum atomic E-state index is -0.999. The van der Waals surface area contributed by atoms with Gasteiger partial charge in [0, 0.05) is 23.8 Å². The van der Waals surface area contributed by atoms with Crippen LogP contribution in [-0.4, -0.2) is 42.6 Å². The van der Waals surface area contributed by atoms with Crippen molar-refractivity contribution in [1.29, 1.82) is 0 Å². The van der Waals surface area contributed by atoms with Crippen molar-refractivity contribution in [3.63, 3.8) is 0 Å². The summed E-state index contributed by atoms with van der Waals surface area (Å²) in [6.45, 7) is 0. The van der Waals surface area contributed by atoms with Gasteiger partial charge < -0.3 is 23.7 Å². The summed E-state index contributed by atoms with van der Waals surface area (Å²) in [5.41, 5.74) is 1.39. The number of thioether (sulfide) groups is 1. The normalized spacial score (nSPS) is 14.6. The summed E-state index contributed by atoms with van der Waals surface area (Å²) in [4.78, 5) is 26.0. The maximum Gasteiger partial charge on any atom is 0.335 e. The molecule has 3 aromatic rings. The summed E-state index contributed by atoms with van der Waals surface area (Å²) < 4.78 is 22.3. The van der Waals surface area contributed by atoms with Gasteiger partial charge in [-0.2, -0.15) is 0 Å². The van der Waals surface area contributed by atoms with Crippen LogP contribution in [0.5, 0.6) is 17.2 Å². The molecule has 0 atom stereocenters. The van der Waals surface area contributed by atoms with Crippen molar-refractivity contribution in [1.82, 2.24) is 0 Å². The van der Waals surface area contributed by atoms with Gasteiger partial charge in [-0.3, -0.25) is 9.69 Å². The van der Waals surface area contributed by atoms with Crippen LogP contribution in [0.2, 0.25) is 0 Å². The second kappa shape index (κ2) is 9.62. The molecule has 1 aromatic heterocycles. The van der Waals surface area contributed by atoms with E-state index >= 15 is 0 Å². The van der Waals surface area contributed by atoms with Crippen LogP contribution in [0.3, 0.4) is 0 Å². The maximum atomic E-state index is 13.2. The van der Waals surface area contributed by atoms with Crippen LogP contribution in [0.25, 0.3) is 17.4 Å². The van der Waals surface area contributed by atoms with Crippen LogP contribution in [0.15, 0.2) is 57.9 Å². The Morgan fingerprint density at radius 2 is 1.68 bits per heavy atom. The van der Waals surface area contributed by atoms with Gasteiger partial charge in [-0.15, -0.1) is 0 Å². The molecule has 0 bridgehead atoms. The van der Waals surface area contributed by atoms with Gasteiger partial charge >= 0.3 is 5.97 Å². The molecule has 10 heteroatoms. The first-order valence-corrected chi connectivity index (χ1v) is 11.1. The number of methoxy groups -OCH3 is 3. The molecule has 2 heterocycles. The zero-order valence-electron chi connectivity index (χ0n) is 18.4. The van der Waals surface area contributed by atoms with Crippen LogP contribution >= 0.6 is 24.0 Å². The van der Waals surface area contributed by atoms with E-state index in [1.165, 1.54) is 38.4 Å². The van der Waals surface area contributed by atoms with Crippen molar-refractivity contribution >= 4 is 51.9 Å². The standard InChI is InChI=1S/C24H19NO7S2/c1-29-18-10-15(11-19(30-2)21(18)31-3)25-22(26)20(34-24(25)33)12-16-8-9-17(32-16)13-4-6-14(7-5-13)23(27)28/h4-12H,1-3H3,(H,27,28)/b20-12+. The first kappa shape index (κ1) is 23.4. The fourth-order valence-electron chi connectivity index (χ4n) is 3.38. The molecule has 1 saturated heterocycles. The van der Waals surface area contributed by atoms with E-state index in [9.17, 15) is 9.59 Å². The summed E-state index contributed by atoms with van der Waals surface area (Å²) in [6, 6.07) is 13.1. The second-order valence-corrected chi connectivity index (χ2v) is 8.66. The van der Waals surface area contributed by atoms with Gasteiger partial charge in [-0.05, 0) is 24.3 Å². The number of carboxylic acid groups (broad SMARTS) is 1. The van der Waals surface area contributed by atoms with Gasteiger partial charge in [0.1, 0.15) is 11.5 Å². The Balaban J connectivity index is 1.61. The first-order valence-electron chi connectivity index (χ1n) is 9.87. The smallest absolute Gasteiger partial charge is 0.335 e. The van der Waals surface area contributed by atoms with Gasteiger partial charge in [0.25, 0.3) is 5.91 Å². The Morgan fingerprint density at radius 1 is 1.03 bits per heavy atom. The summed E-state index contributed by atoms with van der Waals surface area (Å²) >= 11 is 6.61. The number of ether oxygens (including phenoxy) is 3. The van der Waals surface area contributed by atoms with Gasteiger partial charge in [0.2, 0.25) is 5.75 Å². The molecule has 1 amide bonds. The fourth-order valence-corrected chi connectivity index (χ4v) is 4.66. The SMILES string of the molecule is COc1cc(N2C(=O)/C(=C\c3ccc(-c4ccc(C(=O)O)cc4)o3)SC2=S)cc(OC)c1OC. The highest BCUT2D eigenvalue weighted by Crippen LogP contribution is 2.44. The van der Waals surface area contributed by atoms with E-state index in [1.54, 1.807) is 42.5 Å². The highest BCUT2D eigenvalue weighted by molar-refractivity contribution is 8.27. The lowest BCUT2D eigenvalue weighted by Gasteiger charge is -2.19. The minimum absolute atomic E-state index is 0.186. The number of hydrogen-bond donors (Lipinski definition) is 1. The predicted molar refractivity (Wildman–Crippen MR) is 133 cm³/mol. The number of hydrogen-bond acceptors (Lipinski definition) is 8. The Kier molecular flexibility index (Phi) is 6.62. The van der Waals surface area contributed by atoms with Crippen molar-refractivity contribution in [3.8, 4) is 28.6 Å². The number of thiocarbonyl (C=S) groups is 1. The van der Waals surface area contributed by atoms with E-state index in [0.717, 1.165) is 17.3 Å². The van der Waals surface area contributed by atoms with Gasteiger partial charge in [-0.25, -0.2) is 4.79 Å². The van der Waals surface area contributed by atoms with Gasteiger partial charge in [0.05, 0.1) is 37.5 Å². The number of benzene rings is 2. The van der Waals surface area contributed by atoms with Crippen molar-refractivity contribution in [2.24, 2.45) is 0 Å². The molecule has 4 rings (SSSR count). The number of rotatable bonds is 7. The summed E-state index contributed by atoms with van der Waals surface area (Å²) in [5, 5.41) is 9.04. The molecule has 1 fully saturated rings. The molecule has 0 spiro atoms. The summed E-state index contributed by atoms with van der Waals surface area (Å²) in [5.74, 6) is 0.910. The van der Waals surface area contributed by atoms with Crippen LogP contribution < -0.4 is 19.1 Å². The highest BCUT2D eigenvalue weighted by atomic mass is 32.2. The average Bonchev–Trinajstić information content (AvgIpc) is 3.42. The largest absolute Gasteiger partial charge is 0.493 e. The molecule has 8 nitrogen and oxygen atoms in total. The molecule has 1 N–H and O–H groups in total. The summed E-state index contributed by atoms with van der Waals surface area (Å²) in [7, 11) is 4.49. The number of aromatic carboxylic acids is 1. The molecule has 0 radical (unpaired) electrons. The Hall–Kier alpha value is -3.76. The van der Waals surface area contributed by atoms with Crippen LogP contribution in [-0.2, 0) is 4.79 Å². The zero-order valence-corrected chi connectivity index (χ0v) is 20.0. The van der Waals surface area contributed by atoms with Gasteiger partial charge in [0.15, 0.2) is 15.8 Å². The van der Waals surface area contributed by atoms with Crippen molar-refractivity contribution in [3.05, 3.63) is 64.8 Å². The molecule has 1 aliphatic heterocycles. The van der Waals surface area contributed by atoms with E-state index < -0.39 is 5.97 Å². The lowest BCUT2D eigenvalue weighted by atomic mass is 10.1. The third kappa shape index (κ3) is 4.37. The van der Waals surface area contributed by atoms with E-state index in [4.69, 9.17) is 36.0 Å². The van der Waals surface area contributed by atoms with E-state index in [1.807, 2.05) is 0 Å². The Labute approximate surface area is 204 Å². The number of carbonyl (C=O) groups excluding carboxylic acids is 1. The van der Waals surface area contributed by atoms with Crippen molar-refractivity contribution < 1.29 is 33.3 Å². The monoisotopic (exact) mass is 497 g/mol. The number of carbonyl (C=O) groups is 2. The molecular formula is C24H19NO7S2. The van der Waals surface area contributed by atoms with E-state index in [0.29, 0.717) is 43.7 Å². The fraction of sp³-hybridized carbons (Fsp3) is 0.125. The first-order chi connectivity index (χ1) is 16.4. The Morgan fingerprint density at radius 3 is 2.24 bits per heavy atom. The average molecular weight is 498 g/mol. The zero-order chi connectivity index (χ0) is 24.4. The minimum Gasteiger partial charge on any atom is -0.493 e. The number of furan rings is 1. The molecule has 0 aliphatic carbocycles. The summed E-state index contributed by atoms with van der Waals surface area (Å²) in [6.07, 6.45) is 1.62. The number of carboxylic acids is 1. The Bertz CT molecular complexity index is 1290. The van der Waals surface area contributed by atoms with E-state index in [2.05, 4.69) is 0 Å². The molecule has 0 unspecified atom stereocenters. The quantitative estimate of drug-likeness (QED) is 0.354. The molecule has 2 aromatic carbocycles. The molecule has 1 aliphatic rings. The highest BCUT2D eigenvalue weighted by Gasteiger charge is 2.35. The number of anilines is 1. The van der Waals surface area contributed by atoms with Gasteiger partial charge in [-0.1, -0.05) is 36.1 Å². The molecule has 34 heavy (non-hydrogen) atoms. The molecule has 0 saturated carbocycles. The number of amides is 1. The molecule has 174 valence electrons. The van der Waals surface area contributed by atoms with Crippen LogP contribution in [0.4, 0.5) is 5.69 Å². The topological polar surface area (TPSA) is 98.4 Å². The number of nitrogens with zero attached hydrogens (tertiary/aromatic N) is 1. The second-order valence-electron chi connectivity index (χ2n) is 6.99. The molecular weight excluding hydrogens is 478 g/mol. The van der Waals surface area contributed by atoms with Crippen LogP contribution in [0, 0.1) is 0 Å².